The van der Waals surface area contributed by atoms with Gasteiger partial charge < -0.3 is 13.7 Å². The largest absolute Gasteiger partial charge is 0.309 e. The molecule has 0 spiro atoms. The van der Waals surface area contributed by atoms with Crippen LogP contribution in [0.5, 0.6) is 0 Å². The van der Waals surface area contributed by atoms with E-state index in [1.807, 2.05) is 36.4 Å². The molecular formula is C50H29N5. The van der Waals surface area contributed by atoms with Crippen LogP contribution in [0.4, 0.5) is 11.4 Å². The average molecular weight is 700 g/mol. The van der Waals surface area contributed by atoms with Gasteiger partial charge in [0, 0.05) is 38.3 Å². The lowest BCUT2D eigenvalue weighted by Crippen LogP contribution is -1.99. The number of aromatic nitrogens is 3. The Kier molecular flexibility index (Phi) is 6.61. The summed E-state index contributed by atoms with van der Waals surface area (Å²) in [6.07, 6.45) is 0. The van der Waals surface area contributed by atoms with Crippen LogP contribution in [-0.2, 0) is 0 Å². The first-order valence-corrected chi connectivity index (χ1v) is 18.3. The van der Waals surface area contributed by atoms with Crippen molar-refractivity contribution in [2.24, 2.45) is 0 Å². The van der Waals surface area contributed by atoms with Crippen molar-refractivity contribution in [3.8, 4) is 28.2 Å². The van der Waals surface area contributed by atoms with Gasteiger partial charge in [0.05, 0.1) is 51.9 Å². The molecule has 5 nitrogen and oxygen atoms in total. The minimum absolute atomic E-state index is 0.582. The van der Waals surface area contributed by atoms with Gasteiger partial charge in [0.25, 0.3) is 0 Å². The molecule has 254 valence electrons. The molecule has 0 aliphatic carbocycles. The van der Waals surface area contributed by atoms with Gasteiger partial charge in [0.15, 0.2) is 11.4 Å². The molecule has 0 fully saturated rings. The molecule has 55 heavy (non-hydrogen) atoms. The monoisotopic (exact) mass is 699 g/mol. The van der Waals surface area contributed by atoms with E-state index in [4.69, 9.17) is 13.1 Å². The standard InChI is InChI=1S/C50H29N5/c1-51-32-23-28-49-42(29-32)39-17-7-12-22-48(39)55(49)47-21-11-6-16-38(47)41-30-33(25-27-43(41)52-2)54-46-20-10-5-15-37(46)40-26-24-34(31-50(40)54)53-44-18-8-3-13-35(44)36-14-4-9-19-45(36)53/h3-31H. The quantitative estimate of drug-likeness (QED) is 0.163. The van der Waals surface area contributed by atoms with Crippen LogP contribution < -0.4 is 0 Å². The molecule has 0 atom stereocenters. The van der Waals surface area contributed by atoms with Crippen molar-refractivity contribution in [2.45, 2.75) is 0 Å². The Bertz CT molecular complexity index is 3420. The van der Waals surface area contributed by atoms with Crippen LogP contribution in [0.2, 0.25) is 0 Å². The molecule has 0 amide bonds. The molecule has 0 N–H and O–H groups in total. The number of para-hydroxylation sites is 5. The Morgan fingerprint density at radius 2 is 0.818 bits per heavy atom. The summed E-state index contributed by atoms with van der Waals surface area (Å²) in [7, 11) is 0. The van der Waals surface area contributed by atoms with Crippen molar-refractivity contribution in [3.05, 3.63) is 199 Å². The minimum Gasteiger partial charge on any atom is -0.309 e. The third kappa shape index (κ3) is 4.45. The highest BCUT2D eigenvalue weighted by Gasteiger charge is 2.20. The van der Waals surface area contributed by atoms with Gasteiger partial charge in [-0.3, -0.25) is 0 Å². The SMILES string of the molecule is [C-]#[N+]c1ccc2c(c1)c1ccccc1n2-c1ccccc1-c1cc(-n2c3ccccc3c3ccc(-n4c5ccccc5c5ccccc54)cc32)ccc1[N+]#[C-]. The van der Waals surface area contributed by atoms with Crippen molar-refractivity contribution in [1.82, 2.24) is 13.7 Å². The predicted molar refractivity (Wildman–Crippen MR) is 227 cm³/mol. The van der Waals surface area contributed by atoms with E-state index in [0.29, 0.717) is 11.4 Å². The molecule has 11 rings (SSSR count). The zero-order valence-electron chi connectivity index (χ0n) is 29.5. The second-order valence-electron chi connectivity index (χ2n) is 13.9. The Hall–Kier alpha value is -7.86. The van der Waals surface area contributed by atoms with Crippen molar-refractivity contribution < 1.29 is 0 Å². The molecule has 0 radical (unpaired) electrons. The summed E-state index contributed by atoms with van der Waals surface area (Å²) in [5.74, 6) is 0. The van der Waals surface area contributed by atoms with Crippen LogP contribution in [0.15, 0.2) is 176 Å². The fraction of sp³-hybridized carbons (Fsp3) is 0. The summed E-state index contributed by atoms with van der Waals surface area (Å²) in [6, 6.07) is 61.4. The third-order valence-electron chi connectivity index (χ3n) is 11.1. The van der Waals surface area contributed by atoms with Crippen LogP contribution in [0.25, 0.3) is 103 Å². The van der Waals surface area contributed by atoms with Crippen molar-refractivity contribution in [3.63, 3.8) is 0 Å². The van der Waals surface area contributed by atoms with E-state index in [0.717, 1.165) is 61.0 Å². The molecule has 0 aliphatic rings. The summed E-state index contributed by atoms with van der Waals surface area (Å²) < 4.78 is 6.98. The van der Waals surface area contributed by atoms with Gasteiger partial charge in [-0.1, -0.05) is 109 Å². The number of hydrogen-bond acceptors (Lipinski definition) is 0. The van der Waals surface area contributed by atoms with E-state index in [2.05, 4.69) is 163 Å². The van der Waals surface area contributed by atoms with Crippen LogP contribution in [-0.4, -0.2) is 13.7 Å². The van der Waals surface area contributed by atoms with Gasteiger partial charge in [-0.2, -0.15) is 0 Å². The predicted octanol–water partition coefficient (Wildman–Crippen LogP) is 13.7. The van der Waals surface area contributed by atoms with Crippen LogP contribution in [0.1, 0.15) is 0 Å². The zero-order valence-corrected chi connectivity index (χ0v) is 29.5. The summed E-state index contributed by atoms with van der Waals surface area (Å²) in [5, 5.41) is 6.91. The van der Waals surface area contributed by atoms with Crippen LogP contribution in [0, 0.1) is 13.1 Å². The number of hydrogen-bond donors (Lipinski definition) is 0. The highest BCUT2D eigenvalue weighted by atomic mass is 15.0. The summed E-state index contributed by atoms with van der Waals surface area (Å²) in [6.45, 7) is 16.0. The topological polar surface area (TPSA) is 23.5 Å². The van der Waals surface area contributed by atoms with Crippen molar-refractivity contribution in [2.75, 3.05) is 0 Å². The molecule has 0 unspecified atom stereocenters. The number of fused-ring (bicyclic) bond motifs is 9. The van der Waals surface area contributed by atoms with Gasteiger partial charge in [-0.05, 0) is 83.2 Å². The third-order valence-corrected chi connectivity index (χ3v) is 11.1. The fourth-order valence-corrected chi connectivity index (χ4v) is 8.74. The van der Waals surface area contributed by atoms with Crippen LogP contribution >= 0.6 is 0 Å². The van der Waals surface area contributed by atoms with E-state index < -0.39 is 0 Å². The first kappa shape index (κ1) is 30.7. The second-order valence-corrected chi connectivity index (χ2v) is 13.9. The van der Waals surface area contributed by atoms with E-state index >= 15 is 0 Å². The molecule has 5 heteroatoms. The number of benzene rings is 8. The summed E-state index contributed by atoms with van der Waals surface area (Å²) in [5.41, 5.74) is 12.6. The lowest BCUT2D eigenvalue weighted by atomic mass is 10.0. The van der Waals surface area contributed by atoms with E-state index in [-0.39, 0.29) is 0 Å². The van der Waals surface area contributed by atoms with Crippen molar-refractivity contribution >= 4 is 76.8 Å². The maximum Gasteiger partial charge on any atom is 0.195 e. The maximum absolute atomic E-state index is 8.31. The van der Waals surface area contributed by atoms with E-state index in [1.54, 1.807) is 0 Å². The average Bonchev–Trinajstić information content (AvgIpc) is 3.88. The summed E-state index contributed by atoms with van der Waals surface area (Å²) in [4.78, 5) is 7.79. The van der Waals surface area contributed by atoms with Gasteiger partial charge >= 0.3 is 0 Å². The second kappa shape index (κ2) is 11.8. The Morgan fingerprint density at radius 1 is 0.327 bits per heavy atom. The maximum atomic E-state index is 8.31. The molecule has 0 saturated heterocycles. The first-order valence-electron chi connectivity index (χ1n) is 18.3. The van der Waals surface area contributed by atoms with Crippen LogP contribution in [0.3, 0.4) is 0 Å². The minimum atomic E-state index is 0.582. The number of rotatable bonds is 4. The molecule has 8 aromatic carbocycles. The Labute approximate surface area is 316 Å². The highest BCUT2D eigenvalue weighted by Crippen LogP contribution is 2.43. The highest BCUT2D eigenvalue weighted by molar-refractivity contribution is 6.13. The smallest absolute Gasteiger partial charge is 0.195 e. The molecule has 11 aromatic rings. The fourth-order valence-electron chi connectivity index (χ4n) is 8.74. The van der Waals surface area contributed by atoms with Gasteiger partial charge in [0.1, 0.15) is 0 Å². The molecule has 0 saturated carbocycles. The molecule has 0 aliphatic heterocycles. The normalized spacial score (nSPS) is 11.6. The Balaban J connectivity index is 1.17. The molecular weight excluding hydrogens is 671 g/mol. The zero-order chi connectivity index (χ0) is 36.6. The van der Waals surface area contributed by atoms with Gasteiger partial charge in [-0.15, -0.1) is 0 Å². The van der Waals surface area contributed by atoms with E-state index in [1.165, 1.54) is 32.6 Å². The molecule has 3 heterocycles. The van der Waals surface area contributed by atoms with Gasteiger partial charge in [0.2, 0.25) is 0 Å². The molecule has 0 bridgehead atoms. The van der Waals surface area contributed by atoms with Crippen molar-refractivity contribution in [1.29, 1.82) is 0 Å². The van der Waals surface area contributed by atoms with Gasteiger partial charge in [-0.25, -0.2) is 9.69 Å². The summed E-state index contributed by atoms with van der Waals surface area (Å²) >= 11 is 0. The lowest BCUT2D eigenvalue weighted by molar-refractivity contribution is 1.15. The molecule has 3 aromatic heterocycles. The van der Waals surface area contributed by atoms with E-state index in [9.17, 15) is 0 Å². The first-order chi connectivity index (χ1) is 27.2. The Morgan fingerprint density at radius 3 is 1.45 bits per heavy atom. The number of nitrogens with zero attached hydrogens (tertiary/aromatic N) is 5. The lowest BCUT2D eigenvalue weighted by Gasteiger charge is -2.17.